The smallest absolute Gasteiger partial charge is 0.354 e. The van der Waals surface area contributed by atoms with Gasteiger partial charge in [-0.15, -0.1) is 0 Å². The molecule has 41 heavy (non-hydrogen) atoms. The molecule has 0 saturated heterocycles. The Hall–Kier alpha value is -3.46. The number of carbonyl (C=O) groups excluding carboxylic acids is 1. The number of benzene rings is 2. The van der Waals surface area contributed by atoms with Crippen LogP contribution in [0.4, 0.5) is 5.69 Å². The molecule has 3 rings (SSSR count). The number of sulfonamides is 1. The lowest BCUT2D eigenvalue weighted by molar-refractivity contribution is -0.168. The van der Waals surface area contributed by atoms with Crippen LogP contribution in [-0.2, 0) is 24.3 Å². The van der Waals surface area contributed by atoms with Crippen LogP contribution in [0.1, 0.15) is 20.3 Å². The highest BCUT2D eigenvalue weighted by Crippen LogP contribution is 2.40. The molecule has 0 aromatic heterocycles. The summed E-state index contributed by atoms with van der Waals surface area (Å²) in [4.78, 5) is 12.9. The molecule has 14 heteroatoms. The third-order valence-corrected chi connectivity index (χ3v) is 6.50. The van der Waals surface area contributed by atoms with Crippen LogP contribution in [0.25, 0.3) is 0 Å². The van der Waals surface area contributed by atoms with Gasteiger partial charge in [-0.1, -0.05) is 12.1 Å². The summed E-state index contributed by atoms with van der Waals surface area (Å²) in [7, 11) is -0.832. The average Bonchev–Trinajstić information content (AvgIpc) is 2.93. The lowest BCUT2D eigenvalue weighted by atomic mass is 9.94. The van der Waals surface area contributed by atoms with Gasteiger partial charge in [0.25, 0.3) is 0 Å². The van der Waals surface area contributed by atoms with Crippen molar-refractivity contribution in [2.75, 3.05) is 58.4 Å². The fourth-order valence-electron chi connectivity index (χ4n) is 4.14. The molecular formula is C27H38N2O11S. The molecule has 2 aromatic carbocycles. The molecule has 1 heterocycles. The van der Waals surface area contributed by atoms with Crippen LogP contribution in [0.3, 0.4) is 0 Å². The minimum absolute atomic E-state index is 0.0176. The second kappa shape index (κ2) is 14.4. The van der Waals surface area contributed by atoms with Crippen LogP contribution in [0.5, 0.6) is 28.7 Å². The van der Waals surface area contributed by atoms with E-state index in [1.807, 2.05) is 13.0 Å². The van der Waals surface area contributed by atoms with Crippen molar-refractivity contribution in [1.29, 1.82) is 0 Å². The van der Waals surface area contributed by atoms with Gasteiger partial charge < -0.3 is 43.6 Å². The van der Waals surface area contributed by atoms with E-state index in [9.17, 15) is 18.3 Å². The molecule has 3 N–H and O–H groups in total. The molecule has 0 aliphatic carbocycles. The van der Waals surface area contributed by atoms with E-state index in [-0.39, 0.29) is 68.6 Å². The van der Waals surface area contributed by atoms with Gasteiger partial charge in [-0.2, -0.15) is 0 Å². The zero-order chi connectivity index (χ0) is 30.0. The molecule has 2 aromatic rings. The lowest BCUT2D eigenvalue weighted by Crippen LogP contribution is -2.56. The Morgan fingerprint density at radius 2 is 1.90 bits per heavy atom. The Balaban J connectivity index is 1.62. The molecular weight excluding hydrogens is 560 g/mol. The minimum atomic E-state index is -3.65. The molecule has 0 amide bonds. The number of anilines is 1. The summed E-state index contributed by atoms with van der Waals surface area (Å²) in [6.45, 7) is 3.60. The first kappa shape index (κ1) is 32.1. The van der Waals surface area contributed by atoms with Crippen LogP contribution < -0.4 is 33.7 Å². The minimum Gasteiger partial charge on any atom is -0.493 e. The van der Waals surface area contributed by atoms with E-state index in [0.717, 1.165) is 6.26 Å². The molecule has 0 saturated carbocycles. The van der Waals surface area contributed by atoms with Crippen LogP contribution >= 0.6 is 0 Å². The number of aliphatic hydroxyl groups excluding tert-OH is 1. The van der Waals surface area contributed by atoms with E-state index in [1.54, 1.807) is 25.1 Å². The molecule has 1 aliphatic heterocycles. The van der Waals surface area contributed by atoms with Gasteiger partial charge in [-0.25, -0.2) is 13.2 Å². The van der Waals surface area contributed by atoms with Crippen LogP contribution in [0.2, 0.25) is 0 Å². The number of hydrogen-bond acceptors (Lipinski definition) is 12. The van der Waals surface area contributed by atoms with Crippen LogP contribution in [0.15, 0.2) is 36.4 Å². The zero-order valence-corrected chi connectivity index (χ0v) is 24.6. The fourth-order valence-corrected chi connectivity index (χ4v) is 4.70. The number of methoxy groups -OCH3 is 2. The van der Waals surface area contributed by atoms with E-state index in [4.69, 9.17) is 33.2 Å². The van der Waals surface area contributed by atoms with Crippen molar-refractivity contribution in [1.82, 2.24) is 5.32 Å². The Morgan fingerprint density at radius 3 is 2.56 bits per heavy atom. The number of ether oxygens (including phenoxy) is 7. The summed E-state index contributed by atoms with van der Waals surface area (Å²) < 4.78 is 64.8. The second-order valence-electron chi connectivity index (χ2n) is 9.46. The van der Waals surface area contributed by atoms with Gasteiger partial charge in [0.15, 0.2) is 29.8 Å². The van der Waals surface area contributed by atoms with Gasteiger partial charge in [0.1, 0.15) is 25.1 Å². The topological polar surface area (TPSA) is 160 Å². The van der Waals surface area contributed by atoms with Crippen molar-refractivity contribution < 1.29 is 51.5 Å². The van der Waals surface area contributed by atoms with Crippen LogP contribution in [0, 0.1) is 0 Å². The van der Waals surface area contributed by atoms with E-state index >= 15 is 0 Å². The van der Waals surface area contributed by atoms with Gasteiger partial charge in [-0.05, 0) is 26.0 Å². The molecule has 0 fully saturated rings. The molecule has 0 spiro atoms. The number of para-hydroxylation sites is 2. The van der Waals surface area contributed by atoms with E-state index < -0.39 is 27.7 Å². The predicted molar refractivity (Wildman–Crippen MR) is 149 cm³/mol. The molecule has 0 bridgehead atoms. The quantitative estimate of drug-likeness (QED) is 0.191. The Kier molecular flexibility index (Phi) is 11.3. The average molecular weight is 599 g/mol. The number of nitrogens with one attached hydrogen (secondary N) is 2. The van der Waals surface area contributed by atoms with E-state index in [1.165, 1.54) is 26.4 Å². The number of hydrogen-bond donors (Lipinski definition) is 3. The van der Waals surface area contributed by atoms with Crippen molar-refractivity contribution >= 4 is 21.7 Å². The Labute approximate surface area is 240 Å². The maximum atomic E-state index is 12.9. The Bertz CT molecular complexity index is 1270. The maximum Gasteiger partial charge on any atom is 0.354 e. The molecule has 13 nitrogen and oxygen atoms in total. The number of fused-ring (bicyclic) bond motifs is 1. The number of rotatable bonds is 16. The summed E-state index contributed by atoms with van der Waals surface area (Å²) in [6, 6.07) is 9.72. The number of aliphatic hydroxyl groups is 1. The maximum absolute atomic E-state index is 12.9. The first-order valence-corrected chi connectivity index (χ1v) is 14.8. The third kappa shape index (κ3) is 9.01. The molecule has 0 unspecified atom stereocenters. The molecule has 1 aliphatic rings. The highest BCUT2D eigenvalue weighted by Gasteiger charge is 2.47. The van der Waals surface area contributed by atoms with Gasteiger partial charge in [-0.3, -0.25) is 4.72 Å². The molecule has 3 atom stereocenters. The van der Waals surface area contributed by atoms with Gasteiger partial charge in [0, 0.05) is 38.2 Å². The largest absolute Gasteiger partial charge is 0.493 e. The predicted octanol–water partition coefficient (Wildman–Crippen LogP) is 1.93. The number of esters is 1. The molecule has 228 valence electrons. The van der Waals surface area contributed by atoms with Gasteiger partial charge in [0.05, 0.1) is 25.7 Å². The Morgan fingerprint density at radius 1 is 1.17 bits per heavy atom. The van der Waals surface area contributed by atoms with Gasteiger partial charge >= 0.3 is 5.97 Å². The second-order valence-corrected chi connectivity index (χ2v) is 11.2. The highest BCUT2D eigenvalue weighted by molar-refractivity contribution is 7.92. The first-order chi connectivity index (χ1) is 19.5. The van der Waals surface area contributed by atoms with Crippen molar-refractivity contribution in [3.63, 3.8) is 0 Å². The first-order valence-electron chi connectivity index (χ1n) is 12.9. The summed E-state index contributed by atoms with van der Waals surface area (Å²) >= 11 is 0. The standard InChI is InChI=1S/C27H38N2O11S/c1-6-36-26(31)27(16-38-22-9-7-8-10-23(22)40-27)13-18(2)28-14-19(30)15-37-20-11-21(29-41(5,32)33)25(39-17-34-3)24(12-20)35-4/h7-12,18-19,28-30H,6,13-17H2,1-5H3/t18-,19+,27-/m1/s1. The van der Waals surface area contributed by atoms with Crippen molar-refractivity contribution in [2.24, 2.45) is 0 Å². The third-order valence-electron chi connectivity index (χ3n) is 5.91. The van der Waals surface area contributed by atoms with Crippen molar-refractivity contribution in [3.05, 3.63) is 36.4 Å². The van der Waals surface area contributed by atoms with Crippen molar-refractivity contribution in [3.8, 4) is 28.7 Å². The van der Waals surface area contributed by atoms with Gasteiger partial charge in [0.2, 0.25) is 15.6 Å². The molecule has 0 radical (unpaired) electrons. The summed E-state index contributed by atoms with van der Waals surface area (Å²) in [6.07, 6.45) is 0.259. The van der Waals surface area contributed by atoms with Crippen LogP contribution in [-0.4, -0.2) is 90.9 Å². The highest BCUT2D eigenvalue weighted by atomic mass is 32.2. The number of carbonyl (C=O) groups is 1. The van der Waals surface area contributed by atoms with E-state index in [0.29, 0.717) is 11.5 Å². The summed E-state index contributed by atoms with van der Waals surface area (Å²) in [5, 5.41) is 13.8. The SMILES string of the molecule is CCOC(=O)[C@@]1(C[C@@H](C)NC[C@H](O)COc2cc(NS(C)(=O)=O)c(OCOC)c(OC)c2)COc2ccccc2O1. The van der Waals surface area contributed by atoms with Crippen molar-refractivity contribution in [2.45, 2.75) is 38.0 Å². The van der Waals surface area contributed by atoms with E-state index in [2.05, 4.69) is 10.0 Å². The zero-order valence-electron chi connectivity index (χ0n) is 23.8. The fraction of sp³-hybridized carbons (Fsp3) is 0.519. The summed E-state index contributed by atoms with van der Waals surface area (Å²) in [5.74, 6) is 1.02. The summed E-state index contributed by atoms with van der Waals surface area (Å²) in [5.41, 5.74) is -1.27. The monoisotopic (exact) mass is 598 g/mol. The normalized spacial score (nSPS) is 17.7. The lowest BCUT2D eigenvalue weighted by Gasteiger charge is -2.37.